The van der Waals surface area contributed by atoms with Crippen LogP contribution in [0, 0.1) is 0 Å². The highest BCUT2D eigenvalue weighted by Gasteiger charge is 2.06. The Labute approximate surface area is 78.8 Å². The third kappa shape index (κ3) is 4.88. The Morgan fingerprint density at radius 3 is 2.08 bits per heavy atom. The van der Waals surface area contributed by atoms with Gasteiger partial charge in [-0.05, 0) is 13.1 Å². The van der Waals surface area contributed by atoms with E-state index in [0.717, 1.165) is 25.4 Å². The van der Waals surface area contributed by atoms with Crippen molar-refractivity contribution in [1.29, 1.82) is 0 Å². The lowest BCUT2D eigenvalue weighted by Gasteiger charge is -2.17. The summed E-state index contributed by atoms with van der Waals surface area (Å²) in [6, 6.07) is 0. The zero-order chi connectivity index (χ0) is 9.56. The molecule has 2 nitrogen and oxygen atoms in total. The number of nitrogens with zero attached hydrogens (tertiary/aromatic N) is 1. The van der Waals surface area contributed by atoms with E-state index in [4.69, 9.17) is 0 Å². The van der Waals surface area contributed by atoms with Crippen molar-refractivity contribution >= 4 is 10.8 Å². The molecular formula is C9H21NOS. The van der Waals surface area contributed by atoms with Crippen LogP contribution in [0.4, 0.5) is 0 Å². The van der Waals surface area contributed by atoms with E-state index < -0.39 is 10.8 Å². The van der Waals surface area contributed by atoms with E-state index in [2.05, 4.69) is 18.7 Å². The van der Waals surface area contributed by atoms with Gasteiger partial charge < -0.3 is 4.90 Å². The van der Waals surface area contributed by atoms with Gasteiger partial charge in [-0.3, -0.25) is 4.21 Å². The van der Waals surface area contributed by atoms with Crippen LogP contribution >= 0.6 is 0 Å². The van der Waals surface area contributed by atoms with Crippen molar-refractivity contribution in [2.24, 2.45) is 0 Å². The Morgan fingerprint density at radius 2 is 1.75 bits per heavy atom. The second-order valence-corrected chi connectivity index (χ2v) is 5.27. The smallest absolute Gasteiger partial charge is 0.0365 e. The van der Waals surface area contributed by atoms with Gasteiger partial charge in [0.15, 0.2) is 0 Å². The van der Waals surface area contributed by atoms with Crippen LogP contribution < -0.4 is 0 Å². The molecule has 0 aliphatic heterocycles. The van der Waals surface area contributed by atoms with Crippen LogP contribution in [0.3, 0.4) is 0 Å². The van der Waals surface area contributed by atoms with Gasteiger partial charge in [-0.15, -0.1) is 0 Å². The summed E-state index contributed by atoms with van der Waals surface area (Å²) in [5.74, 6) is 0.819. The van der Waals surface area contributed by atoms with E-state index in [0.29, 0.717) is 5.25 Å². The molecule has 0 aromatic rings. The zero-order valence-electron chi connectivity index (χ0n) is 8.67. The van der Waals surface area contributed by atoms with Crippen molar-refractivity contribution in [2.45, 2.75) is 32.9 Å². The van der Waals surface area contributed by atoms with E-state index in [-0.39, 0.29) is 0 Å². The quantitative estimate of drug-likeness (QED) is 0.634. The van der Waals surface area contributed by atoms with Gasteiger partial charge in [-0.25, -0.2) is 0 Å². The van der Waals surface area contributed by atoms with Crippen molar-refractivity contribution < 1.29 is 4.21 Å². The summed E-state index contributed by atoms with van der Waals surface area (Å²) in [4.78, 5) is 2.31. The van der Waals surface area contributed by atoms with Gasteiger partial charge in [0.25, 0.3) is 0 Å². The topological polar surface area (TPSA) is 20.3 Å². The number of rotatable bonds is 6. The molecule has 1 atom stereocenters. The minimum Gasteiger partial charge on any atom is -0.303 e. The summed E-state index contributed by atoms with van der Waals surface area (Å²) in [6.45, 7) is 11.4. The van der Waals surface area contributed by atoms with Gasteiger partial charge in [0.1, 0.15) is 0 Å². The van der Waals surface area contributed by atoms with Gasteiger partial charge >= 0.3 is 0 Å². The van der Waals surface area contributed by atoms with Crippen molar-refractivity contribution in [3.63, 3.8) is 0 Å². The average molecular weight is 191 g/mol. The first-order chi connectivity index (χ1) is 5.61. The molecule has 0 fully saturated rings. The van der Waals surface area contributed by atoms with E-state index in [1.54, 1.807) is 0 Å². The fraction of sp³-hybridized carbons (Fsp3) is 1.00. The Hall–Kier alpha value is 0.110. The maximum Gasteiger partial charge on any atom is 0.0365 e. The zero-order valence-corrected chi connectivity index (χ0v) is 9.49. The highest BCUT2D eigenvalue weighted by atomic mass is 32.2. The molecule has 0 aromatic heterocycles. The molecule has 0 amide bonds. The van der Waals surface area contributed by atoms with Crippen LogP contribution in [0.5, 0.6) is 0 Å². The standard InChI is InChI=1S/C9H21NOS/c1-5-10(6-2)7-8-12(11)9(3)4/h9H,5-8H2,1-4H3. The average Bonchev–Trinajstić information content (AvgIpc) is 2.05. The maximum absolute atomic E-state index is 11.4. The fourth-order valence-corrected chi connectivity index (χ4v) is 1.90. The van der Waals surface area contributed by atoms with Crippen molar-refractivity contribution in [1.82, 2.24) is 4.90 Å². The molecule has 0 rings (SSSR count). The Balaban J connectivity index is 3.59. The van der Waals surface area contributed by atoms with Crippen LogP contribution in [0.15, 0.2) is 0 Å². The van der Waals surface area contributed by atoms with E-state index in [9.17, 15) is 4.21 Å². The lowest BCUT2D eigenvalue weighted by molar-refractivity contribution is 0.323. The fourth-order valence-electron chi connectivity index (χ4n) is 0.995. The van der Waals surface area contributed by atoms with E-state index in [1.165, 1.54) is 0 Å². The first-order valence-electron chi connectivity index (χ1n) is 4.71. The molecule has 0 spiro atoms. The Morgan fingerprint density at radius 1 is 1.25 bits per heavy atom. The van der Waals surface area contributed by atoms with Crippen molar-refractivity contribution in [3.8, 4) is 0 Å². The Kier molecular flexibility index (Phi) is 6.67. The van der Waals surface area contributed by atoms with Gasteiger partial charge in [0.05, 0.1) is 0 Å². The monoisotopic (exact) mass is 191 g/mol. The molecule has 3 heteroatoms. The molecule has 74 valence electrons. The van der Waals surface area contributed by atoms with Crippen LogP contribution in [0.25, 0.3) is 0 Å². The normalized spacial score (nSPS) is 14.2. The third-order valence-corrected chi connectivity index (χ3v) is 3.67. The highest BCUT2D eigenvalue weighted by Crippen LogP contribution is 1.95. The molecular weight excluding hydrogens is 170 g/mol. The minimum atomic E-state index is -0.637. The van der Waals surface area contributed by atoms with Crippen LogP contribution in [-0.4, -0.2) is 39.7 Å². The highest BCUT2D eigenvalue weighted by molar-refractivity contribution is 7.85. The predicted molar refractivity (Wildman–Crippen MR) is 55.9 cm³/mol. The predicted octanol–water partition coefficient (Wildman–Crippen LogP) is 1.49. The Bertz CT molecular complexity index is 132. The van der Waals surface area contributed by atoms with Crippen LogP contribution in [0.2, 0.25) is 0 Å². The second-order valence-electron chi connectivity index (χ2n) is 3.16. The first-order valence-corrected chi connectivity index (χ1v) is 6.09. The number of hydrogen-bond donors (Lipinski definition) is 0. The lowest BCUT2D eigenvalue weighted by Crippen LogP contribution is -2.29. The largest absolute Gasteiger partial charge is 0.303 e. The third-order valence-electron chi connectivity index (χ3n) is 2.03. The summed E-state index contributed by atoms with van der Waals surface area (Å²) in [5, 5.41) is 0.306. The minimum absolute atomic E-state index is 0.306. The molecule has 0 N–H and O–H groups in total. The van der Waals surface area contributed by atoms with Gasteiger partial charge in [-0.2, -0.15) is 0 Å². The van der Waals surface area contributed by atoms with Gasteiger partial charge in [-0.1, -0.05) is 27.7 Å². The van der Waals surface area contributed by atoms with Crippen LogP contribution in [0.1, 0.15) is 27.7 Å². The first kappa shape index (κ1) is 12.1. The summed E-state index contributed by atoms with van der Waals surface area (Å²) >= 11 is 0. The maximum atomic E-state index is 11.4. The molecule has 12 heavy (non-hydrogen) atoms. The second kappa shape index (κ2) is 6.61. The summed E-state index contributed by atoms with van der Waals surface area (Å²) in [6.07, 6.45) is 0. The SMILES string of the molecule is CCN(CC)CCS(=O)C(C)C. The number of hydrogen-bond acceptors (Lipinski definition) is 2. The summed E-state index contributed by atoms with van der Waals surface area (Å²) in [7, 11) is -0.637. The molecule has 0 aliphatic carbocycles. The molecule has 0 heterocycles. The van der Waals surface area contributed by atoms with Crippen LogP contribution in [-0.2, 0) is 10.8 Å². The van der Waals surface area contributed by atoms with Gasteiger partial charge in [0.2, 0.25) is 0 Å². The molecule has 0 aromatic carbocycles. The molecule has 0 bridgehead atoms. The van der Waals surface area contributed by atoms with Crippen molar-refractivity contribution in [3.05, 3.63) is 0 Å². The molecule has 0 aliphatic rings. The molecule has 0 saturated heterocycles. The summed E-state index contributed by atoms with van der Waals surface area (Å²) in [5.41, 5.74) is 0. The van der Waals surface area contributed by atoms with Gasteiger partial charge in [0, 0.05) is 28.3 Å². The lowest BCUT2D eigenvalue weighted by atomic mass is 10.5. The summed E-state index contributed by atoms with van der Waals surface area (Å²) < 4.78 is 11.4. The molecule has 1 unspecified atom stereocenters. The van der Waals surface area contributed by atoms with E-state index in [1.807, 2.05) is 13.8 Å². The molecule has 0 saturated carbocycles. The van der Waals surface area contributed by atoms with Crippen molar-refractivity contribution in [2.75, 3.05) is 25.4 Å². The molecule has 0 radical (unpaired) electrons. The van der Waals surface area contributed by atoms with E-state index >= 15 is 0 Å².